The van der Waals surface area contributed by atoms with E-state index in [1.54, 1.807) is 18.2 Å². The second-order valence-corrected chi connectivity index (χ2v) is 6.81. The number of carbonyl (C=O) groups is 1. The first-order valence-corrected chi connectivity index (χ1v) is 8.89. The van der Waals surface area contributed by atoms with Crippen molar-refractivity contribution >= 4 is 16.8 Å². The summed E-state index contributed by atoms with van der Waals surface area (Å²) in [6.07, 6.45) is -2.55. The molecule has 3 heterocycles. The third kappa shape index (κ3) is 3.55. The number of aromatic amines is 2. The minimum Gasteiger partial charge on any atom is -0.327 e. The lowest BCUT2D eigenvalue weighted by atomic mass is 10.1. The van der Waals surface area contributed by atoms with Crippen molar-refractivity contribution in [3.05, 3.63) is 62.8 Å². The van der Waals surface area contributed by atoms with E-state index in [1.165, 1.54) is 17.2 Å². The number of nitrogens with zero attached hydrogens (tertiary/aromatic N) is 3. The number of nitrogens with one attached hydrogen (secondary N) is 2. The Morgan fingerprint density at radius 2 is 2.00 bits per heavy atom. The van der Waals surface area contributed by atoms with Crippen LogP contribution in [0.15, 0.2) is 40.1 Å². The summed E-state index contributed by atoms with van der Waals surface area (Å²) in [5.41, 5.74) is -1.12. The molecule has 8 nitrogen and oxygen atoms in total. The highest BCUT2D eigenvalue weighted by Crippen LogP contribution is 2.33. The Bertz CT molecular complexity index is 1190. The average molecular weight is 407 g/mol. The Morgan fingerprint density at radius 3 is 2.69 bits per heavy atom. The van der Waals surface area contributed by atoms with Crippen molar-refractivity contribution in [1.82, 2.24) is 24.4 Å². The van der Waals surface area contributed by atoms with E-state index in [9.17, 15) is 27.6 Å². The number of para-hydroxylation sites is 1. The van der Waals surface area contributed by atoms with Crippen LogP contribution in [-0.4, -0.2) is 43.0 Å². The Labute approximate surface area is 161 Å². The van der Waals surface area contributed by atoms with Gasteiger partial charge in [-0.2, -0.15) is 13.2 Å². The normalized spacial score (nSPS) is 17.2. The van der Waals surface area contributed by atoms with Gasteiger partial charge in [-0.1, -0.05) is 12.1 Å². The summed E-state index contributed by atoms with van der Waals surface area (Å²) in [6.45, 7) is -1.23. The number of fused-ring (bicyclic) bond motifs is 1. The fourth-order valence-electron chi connectivity index (χ4n) is 3.65. The average Bonchev–Trinajstić information content (AvgIpc) is 3.31. The number of likely N-dealkylation sites (tertiary alicyclic amines) is 1. The van der Waals surface area contributed by atoms with Gasteiger partial charge in [-0.05, 0) is 25.0 Å². The van der Waals surface area contributed by atoms with Crippen LogP contribution in [0.25, 0.3) is 10.9 Å². The highest BCUT2D eigenvalue weighted by atomic mass is 19.4. The minimum atomic E-state index is -4.64. The van der Waals surface area contributed by atoms with Crippen molar-refractivity contribution in [2.24, 2.45) is 0 Å². The molecule has 0 saturated carbocycles. The van der Waals surface area contributed by atoms with Gasteiger partial charge in [-0.15, -0.1) is 0 Å². The number of amides is 1. The van der Waals surface area contributed by atoms with Crippen LogP contribution < -0.4 is 11.2 Å². The van der Waals surface area contributed by atoms with E-state index >= 15 is 0 Å². The zero-order chi connectivity index (χ0) is 20.8. The first kappa shape index (κ1) is 19.0. The van der Waals surface area contributed by atoms with Gasteiger partial charge >= 0.3 is 11.9 Å². The van der Waals surface area contributed by atoms with Crippen LogP contribution in [0.1, 0.15) is 35.2 Å². The lowest BCUT2D eigenvalue weighted by molar-refractivity contribution is -0.141. The number of H-pyrrole nitrogens is 2. The van der Waals surface area contributed by atoms with Gasteiger partial charge in [0.2, 0.25) is 0 Å². The quantitative estimate of drug-likeness (QED) is 0.693. The molecule has 1 aliphatic rings. The van der Waals surface area contributed by atoms with Crippen LogP contribution in [0.2, 0.25) is 0 Å². The molecule has 0 radical (unpaired) electrons. The topological polar surface area (TPSA) is 104 Å². The molecule has 152 valence electrons. The molecule has 0 bridgehead atoms. The fourth-order valence-corrected chi connectivity index (χ4v) is 3.65. The van der Waals surface area contributed by atoms with Crippen LogP contribution in [0.3, 0.4) is 0 Å². The van der Waals surface area contributed by atoms with Crippen molar-refractivity contribution in [1.29, 1.82) is 0 Å². The van der Waals surface area contributed by atoms with Crippen LogP contribution in [-0.2, 0) is 6.54 Å². The third-order valence-corrected chi connectivity index (χ3v) is 4.87. The number of hydrogen-bond acceptors (Lipinski definition) is 4. The lowest BCUT2D eigenvalue weighted by Gasteiger charge is -2.26. The summed E-state index contributed by atoms with van der Waals surface area (Å²) in [5.74, 6) is -0.665. The summed E-state index contributed by atoms with van der Waals surface area (Å²) in [5, 5.41) is 0.0753. The largest absolute Gasteiger partial charge is 0.406 e. The van der Waals surface area contributed by atoms with Gasteiger partial charge < -0.3 is 14.9 Å². The highest BCUT2D eigenvalue weighted by Gasteiger charge is 2.37. The molecule has 2 aromatic heterocycles. The molecule has 0 spiro atoms. The van der Waals surface area contributed by atoms with Crippen molar-refractivity contribution in [2.45, 2.75) is 31.6 Å². The fraction of sp³-hybridized carbons (Fsp3) is 0.333. The van der Waals surface area contributed by atoms with E-state index in [2.05, 4.69) is 15.0 Å². The zero-order valence-corrected chi connectivity index (χ0v) is 15.0. The van der Waals surface area contributed by atoms with Crippen molar-refractivity contribution < 1.29 is 18.0 Å². The Morgan fingerprint density at radius 1 is 1.24 bits per heavy atom. The number of hydrogen-bond donors (Lipinski definition) is 2. The molecule has 1 atom stereocenters. The Kier molecular flexibility index (Phi) is 4.52. The Hall–Kier alpha value is -3.37. The molecule has 0 aliphatic carbocycles. The smallest absolute Gasteiger partial charge is 0.327 e. The van der Waals surface area contributed by atoms with E-state index in [1.807, 2.05) is 0 Å². The number of aromatic nitrogens is 4. The Balaban J connectivity index is 1.85. The van der Waals surface area contributed by atoms with Gasteiger partial charge in [-0.25, -0.2) is 9.78 Å². The standard InChI is InChI=1S/C18H16F3N5O3/c19-18(20,21)9-26-14(23-11-5-2-1-4-10(11)15(26)27)13-6-3-7-25(13)16(28)12-8-22-17(29)24-12/h1-2,4-5,8,13H,3,6-7,9H2,(H2,22,24,29). The predicted octanol–water partition coefficient (Wildman–Crippen LogP) is 1.95. The summed E-state index contributed by atoms with van der Waals surface area (Å²) in [7, 11) is 0. The molecular formula is C18H16F3N5O3. The lowest BCUT2D eigenvalue weighted by Crippen LogP contribution is -2.38. The summed E-state index contributed by atoms with van der Waals surface area (Å²) < 4.78 is 40.2. The number of rotatable bonds is 3. The minimum absolute atomic E-state index is 0.00703. The van der Waals surface area contributed by atoms with Crippen molar-refractivity contribution in [2.75, 3.05) is 6.54 Å². The molecule has 1 unspecified atom stereocenters. The van der Waals surface area contributed by atoms with Crippen LogP contribution in [0.5, 0.6) is 0 Å². The summed E-state index contributed by atoms with van der Waals surface area (Å²) in [6, 6.07) is 5.33. The molecule has 1 amide bonds. The molecular weight excluding hydrogens is 391 g/mol. The predicted molar refractivity (Wildman–Crippen MR) is 96.5 cm³/mol. The third-order valence-electron chi connectivity index (χ3n) is 4.87. The van der Waals surface area contributed by atoms with Crippen molar-refractivity contribution in [3.63, 3.8) is 0 Å². The van der Waals surface area contributed by atoms with Gasteiger partial charge in [-0.3, -0.25) is 14.2 Å². The van der Waals surface area contributed by atoms with E-state index in [4.69, 9.17) is 0 Å². The molecule has 1 aliphatic heterocycles. The second-order valence-electron chi connectivity index (χ2n) is 6.81. The molecule has 1 fully saturated rings. The van der Waals surface area contributed by atoms with E-state index in [0.717, 1.165) is 0 Å². The molecule has 1 aromatic carbocycles. The zero-order valence-electron chi connectivity index (χ0n) is 15.0. The highest BCUT2D eigenvalue weighted by molar-refractivity contribution is 5.92. The van der Waals surface area contributed by atoms with Gasteiger partial charge in [0.25, 0.3) is 11.5 Å². The van der Waals surface area contributed by atoms with Crippen LogP contribution in [0, 0.1) is 0 Å². The second kappa shape index (κ2) is 6.90. The van der Waals surface area contributed by atoms with Gasteiger partial charge in [0.05, 0.1) is 16.9 Å². The van der Waals surface area contributed by atoms with Crippen LogP contribution in [0.4, 0.5) is 13.2 Å². The molecule has 11 heteroatoms. The maximum Gasteiger partial charge on any atom is 0.406 e. The molecule has 4 rings (SSSR count). The van der Waals surface area contributed by atoms with E-state index in [0.29, 0.717) is 17.4 Å². The summed E-state index contributed by atoms with van der Waals surface area (Å²) >= 11 is 0. The van der Waals surface area contributed by atoms with E-state index < -0.39 is 35.9 Å². The maximum atomic E-state index is 13.2. The first-order valence-electron chi connectivity index (χ1n) is 8.89. The van der Waals surface area contributed by atoms with Crippen LogP contribution >= 0.6 is 0 Å². The molecule has 29 heavy (non-hydrogen) atoms. The van der Waals surface area contributed by atoms with Gasteiger partial charge in [0.1, 0.15) is 18.1 Å². The van der Waals surface area contributed by atoms with Crippen molar-refractivity contribution in [3.8, 4) is 0 Å². The molecule has 1 saturated heterocycles. The maximum absolute atomic E-state index is 13.2. The van der Waals surface area contributed by atoms with Gasteiger partial charge in [0, 0.05) is 12.7 Å². The summed E-state index contributed by atoms with van der Waals surface area (Å²) in [4.78, 5) is 47.2. The molecule has 3 aromatic rings. The number of alkyl halides is 3. The number of carbonyl (C=O) groups excluding carboxylic acids is 1. The first-order chi connectivity index (χ1) is 13.7. The van der Waals surface area contributed by atoms with Gasteiger partial charge in [0.15, 0.2) is 0 Å². The molecule has 2 N–H and O–H groups in total. The number of benzene rings is 1. The SMILES string of the molecule is O=C(c1c[nH]c(=O)[nH]1)N1CCCC1c1nc2ccccc2c(=O)n1CC(F)(F)F. The number of halogens is 3. The number of imidazole rings is 1. The monoisotopic (exact) mass is 407 g/mol. The van der Waals surface area contributed by atoms with E-state index in [-0.39, 0.29) is 29.0 Å².